The molecule has 54 heavy (non-hydrogen) atoms. The van der Waals surface area contributed by atoms with E-state index < -0.39 is 0 Å². The third-order valence-electron chi connectivity index (χ3n) is 8.90. The SMILES string of the molecule is COc1cc(C)c(C#Cc2cnc3c(N)nc4cc(C)ccc4c3c2)cn1.COc1cc(C)c(C#Cc2cnc3c(N)nc4cc(C)ccc4c3c2)cn1. The zero-order valence-corrected chi connectivity index (χ0v) is 30.7. The Hall–Kier alpha value is -7.30. The van der Waals surface area contributed by atoms with E-state index in [0.29, 0.717) is 34.4 Å². The lowest BCUT2D eigenvalue weighted by molar-refractivity contribution is 0.397. The maximum absolute atomic E-state index is 6.10. The van der Waals surface area contributed by atoms with Crippen LogP contribution in [0, 0.1) is 51.4 Å². The van der Waals surface area contributed by atoms with Crippen LogP contribution in [-0.2, 0) is 0 Å². The molecule has 264 valence electrons. The molecule has 0 saturated carbocycles. The van der Waals surface area contributed by atoms with E-state index >= 15 is 0 Å². The third-order valence-corrected chi connectivity index (χ3v) is 8.90. The number of methoxy groups -OCH3 is 2. The van der Waals surface area contributed by atoms with E-state index in [1.54, 1.807) is 39.0 Å². The molecule has 8 rings (SSSR count). The number of hydrogen-bond acceptors (Lipinski definition) is 10. The Morgan fingerprint density at radius 1 is 0.481 bits per heavy atom. The van der Waals surface area contributed by atoms with E-state index in [1.165, 1.54) is 0 Å². The van der Waals surface area contributed by atoms with Crippen molar-refractivity contribution in [3.63, 3.8) is 0 Å². The highest BCUT2D eigenvalue weighted by atomic mass is 16.5. The van der Waals surface area contributed by atoms with E-state index in [4.69, 9.17) is 20.9 Å². The quantitative estimate of drug-likeness (QED) is 0.136. The molecule has 0 unspecified atom stereocenters. The first kappa shape index (κ1) is 35.1. The van der Waals surface area contributed by atoms with E-state index in [0.717, 1.165) is 77.1 Å². The first-order chi connectivity index (χ1) is 26.1. The van der Waals surface area contributed by atoms with Gasteiger partial charge in [-0.15, -0.1) is 0 Å². The van der Waals surface area contributed by atoms with Crippen LogP contribution in [0.25, 0.3) is 43.6 Å². The number of aryl methyl sites for hydroxylation is 4. The number of rotatable bonds is 2. The zero-order chi connectivity index (χ0) is 37.9. The van der Waals surface area contributed by atoms with Crippen LogP contribution in [0.3, 0.4) is 0 Å². The Morgan fingerprint density at radius 2 is 0.907 bits per heavy atom. The van der Waals surface area contributed by atoms with Gasteiger partial charge in [-0.1, -0.05) is 47.9 Å². The van der Waals surface area contributed by atoms with Crippen molar-refractivity contribution in [3.05, 3.63) is 130 Å². The Balaban J connectivity index is 0.000000167. The van der Waals surface area contributed by atoms with Crippen molar-refractivity contribution in [1.29, 1.82) is 0 Å². The van der Waals surface area contributed by atoms with Gasteiger partial charge in [0.15, 0.2) is 11.6 Å². The van der Waals surface area contributed by atoms with Gasteiger partial charge in [-0.25, -0.2) is 19.9 Å². The molecule has 10 nitrogen and oxygen atoms in total. The van der Waals surface area contributed by atoms with Crippen LogP contribution in [0.1, 0.15) is 44.5 Å². The Labute approximate surface area is 312 Å². The van der Waals surface area contributed by atoms with E-state index in [1.807, 2.05) is 64.1 Å². The number of ether oxygens (including phenoxy) is 2. The molecule has 0 spiro atoms. The van der Waals surface area contributed by atoms with Crippen molar-refractivity contribution in [2.75, 3.05) is 25.7 Å². The molecule has 0 bridgehead atoms. The number of benzene rings is 2. The molecule has 10 heteroatoms. The summed E-state index contributed by atoms with van der Waals surface area (Å²) in [7, 11) is 3.19. The van der Waals surface area contributed by atoms with Crippen molar-refractivity contribution >= 4 is 55.2 Å². The van der Waals surface area contributed by atoms with Crippen LogP contribution < -0.4 is 20.9 Å². The largest absolute Gasteiger partial charge is 0.481 e. The predicted molar refractivity (Wildman–Crippen MR) is 215 cm³/mol. The van der Waals surface area contributed by atoms with E-state index in [9.17, 15) is 0 Å². The highest BCUT2D eigenvalue weighted by molar-refractivity contribution is 6.09. The first-order valence-corrected chi connectivity index (χ1v) is 17.1. The van der Waals surface area contributed by atoms with Crippen molar-refractivity contribution in [2.24, 2.45) is 0 Å². The number of nitrogens with zero attached hydrogens (tertiary/aromatic N) is 6. The monoisotopic (exact) mass is 708 g/mol. The smallest absolute Gasteiger partial charge is 0.213 e. The van der Waals surface area contributed by atoms with Crippen LogP contribution in [0.5, 0.6) is 11.8 Å². The number of nitrogens with two attached hydrogens (primary N) is 2. The minimum Gasteiger partial charge on any atom is -0.481 e. The number of fused-ring (bicyclic) bond motifs is 6. The van der Waals surface area contributed by atoms with Gasteiger partial charge in [-0.05, 0) is 74.2 Å². The molecule has 6 aromatic heterocycles. The summed E-state index contributed by atoms with van der Waals surface area (Å²) in [6, 6.07) is 20.0. The molecule has 0 aliphatic rings. The van der Waals surface area contributed by atoms with Crippen molar-refractivity contribution in [2.45, 2.75) is 27.7 Å². The summed E-state index contributed by atoms with van der Waals surface area (Å²) in [5.74, 6) is 14.7. The average molecular weight is 709 g/mol. The molecule has 0 atom stereocenters. The number of anilines is 2. The Morgan fingerprint density at radius 3 is 1.30 bits per heavy atom. The first-order valence-electron chi connectivity index (χ1n) is 17.1. The highest BCUT2D eigenvalue weighted by Crippen LogP contribution is 2.29. The topological polar surface area (TPSA) is 148 Å². The predicted octanol–water partition coefficient (Wildman–Crippen LogP) is 7.57. The van der Waals surface area contributed by atoms with Crippen LogP contribution in [0.15, 0.2) is 85.5 Å². The standard InChI is InChI=1S/2C22H18N4O/c2*1-13-4-7-17-18-10-15(11-25-21(18)22(23)26-19(17)8-13)5-6-16-12-24-20(27-3)9-14(16)2/h2*4,7-12H,1-3H3,(H2,23,26). The van der Waals surface area contributed by atoms with Gasteiger partial charge in [0.2, 0.25) is 11.8 Å². The summed E-state index contributed by atoms with van der Waals surface area (Å²) >= 11 is 0. The third kappa shape index (κ3) is 7.22. The lowest BCUT2D eigenvalue weighted by Crippen LogP contribution is -1.96. The van der Waals surface area contributed by atoms with Gasteiger partial charge in [0, 0.05) is 80.7 Å². The van der Waals surface area contributed by atoms with Gasteiger partial charge in [0.05, 0.1) is 25.3 Å². The van der Waals surface area contributed by atoms with Crippen molar-refractivity contribution in [1.82, 2.24) is 29.9 Å². The zero-order valence-electron chi connectivity index (χ0n) is 30.7. The molecule has 0 aliphatic heterocycles. The average Bonchev–Trinajstić information content (AvgIpc) is 3.16. The fraction of sp³-hybridized carbons (Fsp3) is 0.136. The summed E-state index contributed by atoms with van der Waals surface area (Å²) in [6.45, 7) is 8.03. The highest BCUT2D eigenvalue weighted by Gasteiger charge is 2.10. The molecule has 0 fully saturated rings. The molecule has 4 N–H and O–H groups in total. The number of hydrogen-bond donors (Lipinski definition) is 2. The second kappa shape index (κ2) is 14.7. The van der Waals surface area contributed by atoms with Crippen LogP contribution >= 0.6 is 0 Å². The normalized spacial score (nSPS) is 10.6. The van der Waals surface area contributed by atoms with Crippen LogP contribution in [0.2, 0.25) is 0 Å². The van der Waals surface area contributed by atoms with E-state index in [2.05, 4.69) is 77.9 Å². The molecule has 0 radical (unpaired) electrons. The lowest BCUT2D eigenvalue weighted by Gasteiger charge is -2.07. The maximum Gasteiger partial charge on any atom is 0.213 e. The van der Waals surface area contributed by atoms with Gasteiger partial charge < -0.3 is 20.9 Å². The number of pyridine rings is 6. The Kier molecular flexibility index (Phi) is 9.59. The maximum atomic E-state index is 6.10. The summed E-state index contributed by atoms with van der Waals surface area (Å²) in [5, 5.41) is 3.94. The molecule has 0 aliphatic carbocycles. The second-order valence-corrected chi connectivity index (χ2v) is 12.9. The van der Waals surface area contributed by atoms with E-state index in [-0.39, 0.29) is 0 Å². The number of aromatic nitrogens is 6. The molecular formula is C44H36N8O2. The van der Waals surface area contributed by atoms with Crippen molar-refractivity contribution < 1.29 is 9.47 Å². The Bertz CT molecular complexity index is 2700. The van der Waals surface area contributed by atoms with Gasteiger partial charge in [-0.2, -0.15) is 0 Å². The molecule has 6 heterocycles. The molecule has 2 aromatic carbocycles. The van der Waals surface area contributed by atoms with Gasteiger partial charge in [0.25, 0.3) is 0 Å². The summed E-state index contributed by atoms with van der Waals surface area (Å²) in [6.07, 6.45) is 6.88. The van der Waals surface area contributed by atoms with Gasteiger partial charge in [0.1, 0.15) is 11.0 Å². The molecule has 8 aromatic rings. The molecule has 0 amide bonds. The minimum atomic E-state index is 0.429. The van der Waals surface area contributed by atoms with Gasteiger partial charge >= 0.3 is 0 Å². The molecule has 0 saturated heterocycles. The fourth-order valence-corrected chi connectivity index (χ4v) is 6.00. The molecular weight excluding hydrogens is 673 g/mol. The lowest BCUT2D eigenvalue weighted by atomic mass is 10.1. The van der Waals surface area contributed by atoms with Gasteiger partial charge in [-0.3, -0.25) is 9.97 Å². The summed E-state index contributed by atoms with van der Waals surface area (Å²) in [5.41, 5.74) is 23.0. The fourth-order valence-electron chi connectivity index (χ4n) is 6.00. The minimum absolute atomic E-state index is 0.429. The van der Waals surface area contributed by atoms with Crippen LogP contribution in [0.4, 0.5) is 11.6 Å². The second-order valence-electron chi connectivity index (χ2n) is 12.9. The number of nitrogen functional groups attached to an aromatic ring is 2. The van der Waals surface area contributed by atoms with Crippen LogP contribution in [-0.4, -0.2) is 44.1 Å². The van der Waals surface area contributed by atoms with Crippen molar-refractivity contribution in [3.8, 4) is 35.4 Å². The summed E-state index contributed by atoms with van der Waals surface area (Å²) < 4.78 is 10.3. The summed E-state index contributed by atoms with van der Waals surface area (Å²) in [4.78, 5) is 26.4.